The van der Waals surface area contributed by atoms with E-state index in [0.717, 1.165) is 18.8 Å². The lowest BCUT2D eigenvalue weighted by atomic mass is 9.98. The lowest BCUT2D eigenvalue weighted by Crippen LogP contribution is -2.49. The second-order valence-electron chi connectivity index (χ2n) is 6.71. The van der Waals surface area contributed by atoms with Crippen LogP contribution in [0, 0.1) is 5.92 Å². The average molecular weight is 254 g/mol. The fourth-order valence-corrected chi connectivity index (χ4v) is 3.23. The van der Waals surface area contributed by atoms with Crippen LogP contribution >= 0.6 is 0 Å². The van der Waals surface area contributed by atoms with Gasteiger partial charge in [-0.3, -0.25) is 0 Å². The van der Waals surface area contributed by atoms with Crippen LogP contribution < -0.4 is 5.32 Å². The monoisotopic (exact) mass is 254 g/mol. The molecule has 0 radical (unpaired) electrons. The van der Waals surface area contributed by atoms with Gasteiger partial charge in [0.05, 0.1) is 6.61 Å². The molecule has 3 heteroatoms. The van der Waals surface area contributed by atoms with E-state index in [1.54, 1.807) is 0 Å². The first kappa shape index (κ1) is 14.3. The van der Waals surface area contributed by atoms with Crippen LogP contribution in [0.3, 0.4) is 0 Å². The molecule has 0 saturated heterocycles. The number of hydrogen-bond donors (Lipinski definition) is 2. The predicted molar refractivity (Wildman–Crippen MR) is 75.7 cm³/mol. The molecular weight excluding hydrogens is 224 g/mol. The van der Waals surface area contributed by atoms with Crippen molar-refractivity contribution in [3.8, 4) is 0 Å². The molecule has 3 unspecified atom stereocenters. The molecule has 3 nitrogen and oxygen atoms in total. The van der Waals surface area contributed by atoms with Crippen molar-refractivity contribution in [3.05, 3.63) is 0 Å². The Bertz CT molecular complexity index is 267. The number of rotatable bonds is 7. The van der Waals surface area contributed by atoms with Crippen LogP contribution in [0.4, 0.5) is 0 Å². The van der Waals surface area contributed by atoms with E-state index in [-0.39, 0.29) is 5.54 Å². The molecule has 0 aromatic heterocycles. The van der Waals surface area contributed by atoms with Crippen molar-refractivity contribution in [2.75, 3.05) is 20.2 Å². The third-order valence-corrected chi connectivity index (χ3v) is 4.89. The normalized spacial score (nSPS) is 34.2. The van der Waals surface area contributed by atoms with E-state index < -0.39 is 0 Å². The molecule has 2 saturated carbocycles. The molecule has 2 N–H and O–H groups in total. The van der Waals surface area contributed by atoms with Gasteiger partial charge in [0.25, 0.3) is 0 Å². The predicted octanol–water partition coefficient (Wildman–Crippen LogP) is 2.00. The number of aliphatic hydroxyl groups excluding tert-OH is 1. The van der Waals surface area contributed by atoms with Gasteiger partial charge in [-0.1, -0.05) is 20.3 Å². The zero-order valence-corrected chi connectivity index (χ0v) is 12.3. The largest absolute Gasteiger partial charge is 0.394 e. The fourth-order valence-electron chi connectivity index (χ4n) is 3.23. The summed E-state index contributed by atoms with van der Waals surface area (Å²) in [4.78, 5) is 2.51. The highest BCUT2D eigenvalue weighted by Crippen LogP contribution is 2.35. The van der Waals surface area contributed by atoms with Crippen LogP contribution in [0.25, 0.3) is 0 Å². The van der Waals surface area contributed by atoms with Crippen molar-refractivity contribution in [2.24, 2.45) is 5.92 Å². The van der Waals surface area contributed by atoms with Gasteiger partial charge in [-0.2, -0.15) is 0 Å². The van der Waals surface area contributed by atoms with E-state index in [1.165, 1.54) is 32.2 Å². The van der Waals surface area contributed by atoms with Crippen LogP contribution in [-0.2, 0) is 0 Å². The molecule has 0 spiro atoms. The van der Waals surface area contributed by atoms with E-state index in [4.69, 9.17) is 0 Å². The second kappa shape index (κ2) is 5.89. The smallest absolute Gasteiger partial charge is 0.0614 e. The van der Waals surface area contributed by atoms with E-state index >= 15 is 0 Å². The maximum Gasteiger partial charge on any atom is 0.0614 e. The van der Waals surface area contributed by atoms with E-state index in [2.05, 4.69) is 31.1 Å². The van der Waals surface area contributed by atoms with Gasteiger partial charge in [0.2, 0.25) is 0 Å². The fraction of sp³-hybridized carbons (Fsp3) is 1.00. The standard InChI is InChI=1S/C15H30N2O/c1-4-12(2)10-17(3)14-7-8-15(9-14,11-18)16-13-5-6-13/h12-14,16,18H,4-11H2,1-3H3. The van der Waals surface area contributed by atoms with Gasteiger partial charge in [0.1, 0.15) is 0 Å². The maximum atomic E-state index is 9.74. The Kier molecular flexibility index (Phi) is 4.68. The number of nitrogens with zero attached hydrogens (tertiary/aromatic N) is 1. The van der Waals surface area contributed by atoms with Gasteiger partial charge in [0.15, 0.2) is 0 Å². The minimum atomic E-state index is 0.0234. The quantitative estimate of drug-likeness (QED) is 0.729. The van der Waals surface area contributed by atoms with E-state index in [1.807, 2.05) is 0 Å². The van der Waals surface area contributed by atoms with Crippen molar-refractivity contribution in [3.63, 3.8) is 0 Å². The SMILES string of the molecule is CCC(C)CN(C)C1CCC(CO)(NC2CC2)C1. The second-order valence-corrected chi connectivity index (χ2v) is 6.71. The van der Waals surface area contributed by atoms with Crippen molar-refractivity contribution >= 4 is 0 Å². The third-order valence-electron chi connectivity index (χ3n) is 4.89. The Balaban J connectivity index is 1.85. The zero-order valence-electron chi connectivity index (χ0n) is 12.3. The first-order chi connectivity index (χ1) is 8.58. The summed E-state index contributed by atoms with van der Waals surface area (Å²) in [5.41, 5.74) is 0.0234. The molecule has 0 aromatic carbocycles. The summed E-state index contributed by atoms with van der Waals surface area (Å²) in [6.45, 7) is 6.08. The lowest BCUT2D eigenvalue weighted by molar-refractivity contribution is 0.144. The van der Waals surface area contributed by atoms with Gasteiger partial charge >= 0.3 is 0 Å². The molecule has 2 aliphatic rings. The molecule has 3 atom stereocenters. The van der Waals surface area contributed by atoms with Gasteiger partial charge in [-0.25, -0.2) is 0 Å². The van der Waals surface area contributed by atoms with Crippen LogP contribution in [0.1, 0.15) is 52.4 Å². The maximum absolute atomic E-state index is 9.74. The first-order valence-corrected chi connectivity index (χ1v) is 7.67. The summed E-state index contributed by atoms with van der Waals surface area (Å²) in [6, 6.07) is 1.34. The number of hydrogen-bond acceptors (Lipinski definition) is 3. The highest BCUT2D eigenvalue weighted by molar-refractivity contribution is 5.02. The van der Waals surface area contributed by atoms with Crippen LogP contribution in [0.2, 0.25) is 0 Å². The number of aliphatic hydroxyl groups is 1. The Labute approximate surface area is 112 Å². The van der Waals surface area contributed by atoms with E-state index in [9.17, 15) is 5.11 Å². The molecule has 0 aliphatic heterocycles. The minimum Gasteiger partial charge on any atom is -0.394 e. The molecule has 2 aliphatic carbocycles. The molecule has 2 fully saturated rings. The Morgan fingerprint density at radius 2 is 2.11 bits per heavy atom. The third kappa shape index (κ3) is 3.46. The summed E-state index contributed by atoms with van der Waals surface area (Å²) < 4.78 is 0. The molecule has 18 heavy (non-hydrogen) atoms. The van der Waals surface area contributed by atoms with Gasteiger partial charge in [-0.15, -0.1) is 0 Å². The van der Waals surface area contributed by atoms with Crippen molar-refractivity contribution < 1.29 is 5.11 Å². The van der Waals surface area contributed by atoms with E-state index in [0.29, 0.717) is 18.7 Å². The summed E-state index contributed by atoms with van der Waals surface area (Å²) in [7, 11) is 2.25. The molecule has 0 aromatic rings. The highest BCUT2D eigenvalue weighted by Gasteiger charge is 2.43. The Morgan fingerprint density at radius 3 is 2.67 bits per heavy atom. The van der Waals surface area contributed by atoms with Crippen LogP contribution in [-0.4, -0.2) is 47.8 Å². The number of nitrogens with one attached hydrogen (secondary N) is 1. The topological polar surface area (TPSA) is 35.5 Å². The molecular formula is C15H30N2O. The van der Waals surface area contributed by atoms with Crippen LogP contribution in [0.15, 0.2) is 0 Å². The molecule has 106 valence electrons. The first-order valence-electron chi connectivity index (χ1n) is 7.67. The van der Waals surface area contributed by atoms with Gasteiger partial charge in [-0.05, 0) is 45.1 Å². The van der Waals surface area contributed by atoms with Crippen molar-refractivity contribution in [1.29, 1.82) is 0 Å². The molecule has 2 rings (SSSR count). The molecule has 0 amide bonds. The average Bonchev–Trinajstić information content (AvgIpc) is 3.06. The Hall–Kier alpha value is -0.120. The van der Waals surface area contributed by atoms with Crippen LogP contribution in [0.5, 0.6) is 0 Å². The highest BCUT2D eigenvalue weighted by atomic mass is 16.3. The van der Waals surface area contributed by atoms with Gasteiger partial charge < -0.3 is 15.3 Å². The summed E-state index contributed by atoms with van der Waals surface area (Å²) in [6.07, 6.45) is 7.34. The van der Waals surface area contributed by atoms with Crippen molar-refractivity contribution in [1.82, 2.24) is 10.2 Å². The lowest BCUT2D eigenvalue weighted by Gasteiger charge is -2.31. The summed E-state index contributed by atoms with van der Waals surface area (Å²) >= 11 is 0. The zero-order chi connectivity index (χ0) is 13.2. The summed E-state index contributed by atoms with van der Waals surface area (Å²) in [5, 5.41) is 13.4. The molecule has 0 heterocycles. The van der Waals surface area contributed by atoms with Crippen molar-refractivity contribution in [2.45, 2.75) is 70.0 Å². The molecule has 0 bridgehead atoms. The van der Waals surface area contributed by atoms with Gasteiger partial charge in [0, 0.05) is 24.2 Å². The Morgan fingerprint density at radius 1 is 1.39 bits per heavy atom. The summed E-state index contributed by atoms with van der Waals surface area (Å²) in [5.74, 6) is 0.774. The minimum absolute atomic E-state index is 0.0234.